The van der Waals surface area contributed by atoms with E-state index in [1.807, 2.05) is 0 Å². The van der Waals surface area contributed by atoms with Crippen LogP contribution in [0.2, 0.25) is 0 Å². The Bertz CT molecular complexity index is 402. The van der Waals surface area contributed by atoms with Crippen LogP contribution >= 0.6 is 0 Å². The molecule has 2 aromatic carbocycles. The monoisotopic (exact) mass is 251 g/mol. The molecule has 99 valence electrons. The molecule has 0 heteroatoms. The van der Waals surface area contributed by atoms with Gasteiger partial charge in [-0.05, 0) is 36.3 Å². The molecule has 0 saturated heterocycles. The van der Waals surface area contributed by atoms with E-state index in [1.54, 1.807) is 5.92 Å². The molecule has 2 rings (SSSR count). The zero-order chi connectivity index (χ0) is 13.3. The SMILES string of the molecule is CCCC[C](Cc1ccccc1)Cc1ccccc1. The molecular weight excluding hydrogens is 228 g/mol. The molecule has 0 saturated carbocycles. The third-order valence-electron chi connectivity index (χ3n) is 3.48. The molecule has 0 aliphatic heterocycles. The minimum absolute atomic E-state index is 1.12. The topological polar surface area (TPSA) is 0 Å². The van der Waals surface area contributed by atoms with E-state index in [0.29, 0.717) is 0 Å². The highest BCUT2D eigenvalue weighted by Crippen LogP contribution is 2.22. The summed E-state index contributed by atoms with van der Waals surface area (Å²) in [6.45, 7) is 2.27. The summed E-state index contributed by atoms with van der Waals surface area (Å²) in [4.78, 5) is 0. The van der Waals surface area contributed by atoms with E-state index in [2.05, 4.69) is 67.6 Å². The Morgan fingerprint density at radius 3 is 1.63 bits per heavy atom. The molecule has 0 nitrogen and oxygen atoms in total. The first-order valence-corrected chi connectivity index (χ1v) is 7.30. The summed E-state index contributed by atoms with van der Waals surface area (Å²) in [6.07, 6.45) is 6.06. The molecule has 0 amide bonds. The fourth-order valence-corrected chi connectivity index (χ4v) is 2.44. The summed E-state index contributed by atoms with van der Waals surface area (Å²) >= 11 is 0. The summed E-state index contributed by atoms with van der Waals surface area (Å²) in [5.74, 6) is 1.65. The van der Waals surface area contributed by atoms with Gasteiger partial charge in [0, 0.05) is 0 Å². The van der Waals surface area contributed by atoms with E-state index in [4.69, 9.17) is 0 Å². The second kappa shape index (κ2) is 7.78. The average Bonchev–Trinajstić information content (AvgIpc) is 2.47. The fourth-order valence-electron chi connectivity index (χ4n) is 2.44. The smallest absolute Gasteiger partial charge is 0.0154 e. The van der Waals surface area contributed by atoms with Crippen LogP contribution in [0.25, 0.3) is 0 Å². The van der Waals surface area contributed by atoms with Crippen LogP contribution in [-0.2, 0) is 12.8 Å². The number of hydrogen-bond donors (Lipinski definition) is 0. The first-order chi connectivity index (χ1) is 9.38. The molecule has 0 unspecified atom stereocenters. The summed E-state index contributed by atoms with van der Waals surface area (Å²) in [7, 11) is 0. The standard InChI is InChI=1S/C19H23/c1-2-3-10-19(15-17-11-6-4-7-12-17)16-18-13-8-5-9-14-18/h4-9,11-14H,2-3,10,15-16H2,1H3. The van der Waals surface area contributed by atoms with Crippen molar-refractivity contribution in [1.82, 2.24) is 0 Å². The maximum absolute atomic E-state index is 2.27. The molecule has 0 aliphatic carbocycles. The van der Waals surface area contributed by atoms with Crippen LogP contribution in [0.3, 0.4) is 0 Å². The van der Waals surface area contributed by atoms with E-state index >= 15 is 0 Å². The van der Waals surface area contributed by atoms with Crippen LogP contribution in [0.1, 0.15) is 37.3 Å². The third kappa shape index (κ3) is 4.90. The van der Waals surface area contributed by atoms with E-state index in [0.717, 1.165) is 12.8 Å². The van der Waals surface area contributed by atoms with Crippen molar-refractivity contribution in [2.45, 2.75) is 39.0 Å². The summed E-state index contributed by atoms with van der Waals surface area (Å²) < 4.78 is 0. The first kappa shape index (κ1) is 13.9. The molecule has 19 heavy (non-hydrogen) atoms. The second-order valence-electron chi connectivity index (χ2n) is 5.18. The summed E-state index contributed by atoms with van der Waals surface area (Å²) in [5, 5.41) is 0. The van der Waals surface area contributed by atoms with E-state index in [-0.39, 0.29) is 0 Å². The zero-order valence-corrected chi connectivity index (χ0v) is 11.8. The van der Waals surface area contributed by atoms with Crippen molar-refractivity contribution in [1.29, 1.82) is 0 Å². The quantitative estimate of drug-likeness (QED) is 0.631. The molecule has 0 fully saturated rings. The molecular formula is C19H23. The van der Waals surface area contributed by atoms with Crippen molar-refractivity contribution >= 4 is 0 Å². The lowest BCUT2D eigenvalue weighted by Gasteiger charge is -2.16. The molecule has 0 heterocycles. The van der Waals surface area contributed by atoms with Gasteiger partial charge in [0.1, 0.15) is 0 Å². The van der Waals surface area contributed by atoms with Gasteiger partial charge in [-0.15, -0.1) is 0 Å². The Morgan fingerprint density at radius 2 is 1.21 bits per heavy atom. The fraction of sp³-hybridized carbons (Fsp3) is 0.316. The predicted molar refractivity (Wildman–Crippen MR) is 83.1 cm³/mol. The van der Waals surface area contributed by atoms with Gasteiger partial charge in [-0.2, -0.15) is 0 Å². The van der Waals surface area contributed by atoms with Gasteiger partial charge in [0.05, 0.1) is 0 Å². The van der Waals surface area contributed by atoms with Crippen LogP contribution in [0.5, 0.6) is 0 Å². The zero-order valence-electron chi connectivity index (χ0n) is 11.8. The van der Waals surface area contributed by atoms with E-state index < -0.39 is 0 Å². The van der Waals surface area contributed by atoms with Gasteiger partial charge >= 0.3 is 0 Å². The molecule has 0 aliphatic rings. The molecule has 0 spiro atoms. The molecule has 0 atom stereocenters. The van der Waals surface area contributed by atoms with Gasteiger partial charge in [-0.3, -0.25) is 0 Å². The van der Waals surface area contributed by atoms with Crippen molar-refractivity contribution < 1.29 is 0 Å². The number of hydrogen-bond acceptors (Lipinski definition) is 0. The van der Waals surface area contributed by atoms with Gasteiger partial charge in [-0.1, -0.05) is 80.4 Å². The number of benzene rings is 2. The molecule has 2 aromatic rings. The maximum Gasteiger partial charge on any atom is -0.0154 e. The van der Waals surface area contributed by atoms with Crippen molar-refractivity contribution in [3.63, 3.8) is 0 Å². The van der Waals surface area contributed by atoms with Crippen molar-refractivity contribution in [2.75, 3.05) is 0 Å². The second-order valence-corrected chi connectivity index (χ2v) is 5.18. The highest BCUT2D eigenvalue weighted by molar-refractivity contribution is 5.24. The van der Waals surface area contributed by atoms with Gasteiger partial charge in [0.2, 0.25) is 0 Å². The van der Waals surface area contributed by atoms with Crippen LogP contribution in [0.4, 0.5) is 0 Å². The lowest BCUT2D eigenvalue weighted by molar-refractivity contribution is 0.670. The van der Waals surface area contributed by atoms with Crippen molar-refractivity contribution in [2.24, 2.45) is 0 Å². The minimum atomic E-state index is 1.12. The predicted octanol–water partition coefficient (Wildman–Crippen LogP) is 5.24. The summed E-state index contributed by atoms with van der Waals surface area (Å²) in [6, 6.07) is 21.6. The lowest BCUT2D eigenvalue weighted by atomic mass is 9.88. The normalized spacial score (nSPS) is 10.8. The Hall–Kier alpha value is -1.56. The summed E-state index contributed by atoms with van der Waals surface area (Å²) in [5.41, 5.74) is 2.87. The number of rotatable bonds is 7. The number of unbranched alkanes of at least 4 members (excludes halogenated alkanes) is 1. The minimum Gasteiger partial charge on any atom is -0.0654 e. The largest absolute Gasteiger partial charge is 0.0654 e. The molecule has 0 aromatic heterocycles. The molecule has 1 radical (unpaired) electrons. The van der Waals surface area contributed by atoms with Gasteiger partial charge in [0.25, 0.3) is 0 Å². The van der Waals surface area contributed by atoms with Gasteiger partial charge in [-0.25, -0.2) is 0 Å². The first-order valence-electron chi connectivity index (χ1n) is 7.30. The Kier molecular flexibility index (Phi) is 5.68. The van der Waals surface area contributed by atoms with Gasteiger partial charge < -0.3 is 0 Å². The Labute approximate surface area is 117 Å². The van der Waals surface area contributed by atoms with Crippen LogP contribution in [-0.4, -0.2) is 0 Å². The third-order valence-corrected chi connectivity index (χ3v) is 3.48. The van der Waals surface area contributed by atoms with Crippen LogP contribution in [0.15, 0.2) is 60.7 Å². The Morgan fingerprint density at radius 1 is 0.737 bits per heavy atom. The molecule has 0 bridgehead atoms. The van der Waals surface area contributed by atoms with Crippen LogP contribution < -0.4 is 0 Å². The highest BCUT2D eigenvalue weighted by Gasteiger charge is 2.10. The maximum atomic E-state index is 2.27. The average molecular weight is 251 g/mol. The Balaban J connectivity index is 1.99. The van der Waals surface area contributed by atoms with Crippen molar-refractivity contribution in [3.8, 4) is 0 Å². The lowest BCUT2D eigenvalue weighted by Crippen LogP contribution is -2.06. The highest BCUT2D eigenvalue weighted by atomic mass is 14.1. The van der Waals surface area contributed by atoms with Gasteiger partial charge in [0.15, 0.2) is 0 Å². The van der Waals surface area contributed by atoms with Crippen LogP contribution in [0, 0.1) is 5.92 Å². The van der Waals surface area contributed by atoms with Crippen molar-refractivity contribution in [3.05, 3.63) is 77.7 Å². The molecule has 0 N–H and O–H groups in total. The van der Waals surface area contributed by atoms with E-state index in [1.165, 1.54) is 30.4 Å². The van der Waals surface area contributed by atoms with E-state index in [9.17, 15) is 0 Å².